The molecule has 4 aromatic rings. The predicted octanol–water partition coefficient (Wildman–Crippen LogP) is 6.39. The fourth-order valence-electron chi connectivity index (χ4n) is 4.52. The van der Waals surface area contributed by atoms with Gasteiger partial charge in [0.2, 0.25) is 5.91 Å². The summed E-state index contributed by atoms with van der Waals surface area (Å²) < 4.78 is 16.5. The fourth-order valence-corrected chi connectivity index (χ4v) is 5.53. The van der Waals surface area contributed by atoms with Gasteiger partial charge in [-0.25, -0.2) is 0 Å². The Kier molecular flexibility index (Phi) is 10.4. The monoisotopic (exact) mass is 623 g/mol. The van der Waals surface area contributed by atoms with Crippen LogP contribution in [0, 0.1) is 0 Å². The number of rotatable bonds is 11. The van der Waals surface area contributed by atoms with E-state index in [0.717, 1.165) is 4.90 Å². The number of thioether (sulfide) groups is 1. The van der Waals surface area contributed by atoms with Crippen molar-refractivity contribution < 1.29 is 28.6 Å². The number of hydrogen-bond donors (Lipinski definition) is 3. The highest BCUT2D eigenvalue weighted by Gasteiger charge is 2.21. The summed E-state index contributed by atoms with van der Waals surface area (Å²) >= 11 is 1.39. The Morgan fingerprint density at radius 3 is 2.38 bits per heavy atom. The second kappa shape index (κ2) is 15.0. The van der Waals surface area contributed by atoms with Crippen LogP contribution < -0.4 is 30.2 Å². The molecule has 10 heteroatoms. The molecule has 5 rings (SSSR count). The van der Waals surface area contributed by atoms with Gasteiger partial charge in [0.25, 0.3) is 11.8 Å². The van der Waals surface area contributed by atoms with E-state index in [1.54, 1.807) is 92.0 Å². The third-order valence-electron chi connectivity index (χ3n) is 6.78. The topological polar surface area (TPSA) is 115 Å². The Hall–Kier alpha value is -5.22. The molecule has 0 fully saturated rings. The van der Waals surface area contributed by atoms with E-state index in [1.807, 2.05) is 25.1 Å². The number of benzene rings is 4. The highest BCUT2D eigenvalue weighted by Crippen LogP contribution is 2.34. The first-order valence-electron chi connectivity index (χ1n) is 14.4. The molecule has 0 aromatic heterocycles. The number of amides is 3. The first kappa shape index (κ1) is 31.2. The molecule has 1 aliphatic heterocycles. The van der Waals surface area contributed by atoms with Crippen molar-refractivity contribution in [2.45, 2.75) is 23.5 Å². The highest BCUT2D eigenvalue weighted by atomic mass is 32.2. The summed E-state index contributed by atoms with van der Waals surface area (Å²) in [6.45, 7) is 2.90. The number of ether oxygens (including phenoxy) is 3. The zero-order chi connectivity index (χ0) is 31.6. The van der Waals surface area contributed by atoms with Gasteiger partial charge in [0.15, 0.2) is 11.5 Å². The third kappa shape index (κ3) is 8.45. The fraction of sp³-hybridized carbons (Fsp3) is 0.171. The van der Waals surface area contributed by atoms with E-state index < -0.39 is 17.1 Å². The van der Waals surface area contributed by atoms with E-state index in [2.05, 4.69) is 16.0 Å². The summed E-state index contributed by atoms with van der Waals surface area (Å²) in [5, 5.41) is 8.21. The minimum absolute atomic E-state index is 0.0559. The van der Waals surface area contributed by atoms with E-state index >= 15 is 0 Å². The number of fused-ring (bicyclic) bond motifs is 1. The van der Waals surface area contributed by atoms with Crippen molar-refractivity contribution in [1.29, 1.82) is 0 Å². The van der Waals surface area contributed by atoms with Gasteiger partial charge >= 0.3 is 0 Å². The second-order valence-electron chi connectivity index (χ2n) is 10.00. The van der Waals surface area contributed by atoms with Crippen molar-refractivity contribution in [3.63, 3.8) is 0 Å². The zero-order valence-corrected chi connectivity index (χ0v) is 25.7. The lowest BCUT2D eigenvalue weighted by Gasteiger charge is -2.20. The maximum atomic E-state index is 13.5. The SMILES string of the molecule is CCC(Sc1cccc(NC(=O)/C(=C/c2cccc(OC)c2)NC(=O)c2ccccc2)c1)C(=O)Nc1ccc2c(c1)OCCO2. The van der Waals surface area contributed by atoms with Gasteiger partial charge in [0, 0.05) is 27.9 Å². The van der Waals surface area contributed by atoms with Crippen molar-refractivity contribution >= 4 is 46.9 Å². The number of anilines is 2. The lowest BCUT2D eigenvalue weighted by Crippen LogP contribution is -2.30. The van der Waals surface area contributed by atoms with Crippen LogP contribution in [-0.2, 0) is 9.59 Å². The van der Waals surface area contributed by atoms with Crippen LogP contribution >= 0.6 is 11.8 Å². The van der Waals surface area contributed by atoms with E-state index in [0.29, 0.717) is 59.4 Å². The number of methoxy groups -OCH3 is 1. The minimum atomic E-state index is -0.507. The van der Waals surface area contributed by atoms with Gasteiger partial charge in [-0.2, -0.15) is 0 Å². The maximum Gasteiger partial charge on any atom is 0.272 e. The van der Waals surface area contributed by atoms with Gasteiger partial charge in [0.1, 0.15) is 24.7 Å². The average Bonchev–Trinajstić information content (AvgIpc) is 3.07. The van der Waals surface area contributed by atoms with Gasteiger partial charge in [-0.15, -0.1) is 11.8 Å². The summed E-state index contributed by atoms with van der Waals surface area (Å²) in [5.41, 5.74) is 2.28. The Bertz CT molecular complexity index is 1710. The van der Waals surface area contributed by atoms with Crippen LogP contribution in [0.4, 0.5) is 11.4 Å². The van der Waals surface area contributed by atoms with Crippen LogP contribution in [0.25, 0.3) is 6.08 Å². The van der Waals surface area contributed by atoms with E-state index in [4.69, 9.17) is 14.2 Å². The Morgan fingerprint density at radius 2 is 1.60 bits per heavy atom. The van der Waals surface area contributed by atoms with Crippen LogP contribution in [0.5, 0.6) is 17.2 Å². The van der Waals surface area contributed by atoms with Crippen molar-refractivity contribution in [3.8, 4) is 17.2 Å². The van der Waals surface area contributed by atoms with Gasteiger partial charge < -0.3 is 30.2 Å². The van der Waals surface area contributed by atoms with Crippen molar-refractivity contribution in [2.75, 3.05) is 31.0 Å². The molecular weight excluding hydrogens is 590 g/mol. The smallest absolute Gasteiger partial charge is 0.272 e. The Balaban J connectivity index is 1.29. The minimum Gasteiger partial charge on any atom is -0.497 e. The molecule has 0 saturated carbocycles. The standard InChI is InChI=1S/C35H33N3O6S/c1-3-32(35(41)37-26-15-16-30-31(22-26)44-18-17-43-30)45-28-14-8-12-25(21-28)36-34(40)29(20-23-9-7-13-27(19-23)42-2)38-33(39)24-10-5-4-6-11-24/h4-16,19-22,32H,3,17-18H2,1-2H3,(H,36,40)(H,37,41)(H,38,39)/b29-20-. The summed E-state index contributed by atoms with van der Waals surface area (Å²) in [5.74, 6) is 0.794. The first-order valence-corrected chi connectivity index (χ1v) is 15.3. The third-order valence-corrected chi connectivity index (χ3v) is 8.13. The van der Waals surface area contributed by atoms with E-state index in [1.165, 1.54) is 11.8 Å². The summed E-state index contributed by atoms with van der Waals surface area (Å²) in [4.78, 5) is 40.5. The molecule has 9 nitrogen and oxygen atoms in total. The molecule has 0 spiro atoms. The van der Waals surface area contributed by atoms with Crippen LogP contribution in [-0.4, -0.2) is 43.3 Å². The molecule has 0 bridgehead atoms. The molecule has 230 valence electrons. The number of nitrogens with one attached hydrogen (secondary N) is 3. The Morgan fingerprint density at radius 1 is 0.844 bits per heavy atom. The summed E-state index contributed by atoms with van der Waals surface area (Å²) in [6, 6.07) is 28.4. The quantitative estimate of drug-likeness (QED) is 0.131. The summed E-state index contributed by atoms with van der Waals surface area (Å²) in [7, 11) is 1.56. The molecule has 3 amide bonds. The van der Waals surface area contributed by atoms with Gasteiger partial charge in [-0.3, -0.25) is 14.4 Å². The predicted molar refractivity (Wildman–Crippen MR) is 176 cm³/mol. The van der Waals surface area contributed by atoms with Crippen LogP contribution in [0.1, 0.15) is 29.3 Å². The molecule has 1 aliphatic rings. The van der Waals surface area contributed by atoms with Crippen molar-refractivity contribution in [2.24, 2.45) is 0 Å². The molecule has 1 unspecified atom stereocenters. The molecular formula is C35H33N3O6S. The second-order valence-corrected chi connectivity index (χ2v) is 11.3. The number of carbonyl (C=O) groups excluding carboxylic acids is 3. The lowest BCUT2D eigenvalue weighted by atomic mass is 10.1. The normalized spacial score (nSPS) is 12.9. The summed E-state index contributed by atoms with van der Waals surface area (Å²) in [6.07, 6.45) is 2.17. The molecule has 45 heavy (non-hydrogen) atoms. The molecule has 0 aliphatic carbocycles. The van der Waals surface area contributed by atoms with Gasteiger partial charge in [-0.1, -0.05) is 43.3 Å². The zero-order valence-electron chi connectivity index (χ0n) is 24.9. The molecule has 4 aromatic carbocycles. The Labute approximate surface area is 266 Å². The highest BCUT2D eigenvalue weighted by molar-refractivity contribution is 8.00. The van der Waals surface area contributed by atoms with Gasteiger partial charge in [-0.05, 0) is 72.7 Å². The van der Waals surface area contributed by atoms with Crippen LogP contribution in [0.3, 0.4) is 0 Å². The molecule has 0 saturated heterocycles. The van der Waals surface area contributed by atoms with E-state index in [9.17, 15) is 14.4 Å². The molecule has 0 radical (unpaired) electrons. The maximum absolute atomic E-state index is 13.5. The first-order chi connectivity index (χ1) is 21.9. The van der Waals surface area contributed by atoms with Crippen LogP contribution in [0.2, 0.25) is 0 Å². The van der Waals surface area contributed by atoms with Gasteiger partial charge in [0.05, 0.1) is 12.4 Å². The van der Waals surface area contributed by atoms with E-state index in [-0.39, 0.29) is 11.6 Å². The molecule has 1 atom stereocenters. The lowest BCUT2D eigenvalue weighted by molar-refractivity contribution is -0.116. The number of carbonyl (C=O) groups is 3. The number of hydrogen-bond acceptors (Lipinski definition) is 7. The average molecular weight is 624 g/mol. The molecule has 1 heterocycles. The largest absolute Gasteiger partial charge is 0.497 e. The van der Waals surface area contributed by atoms with Crippen molar-refractivity contribution in [1.82, 2.24) is 5.32 Å². The van der Waals surface area contributed by atoms with Crippen molar-refractivity contribution in [3.05, 3.63) is 114 Å². The van der Waals surface area contributed by atoms with Crippen LogP contribution in [0.15, 0.2) is 108 Å². The molecule has 3 N–H and O–H groups in total.